The molecule has 0 saturated carbocycles. The molecule has 0 aliphatic carbocycles. The highest BCUT2D eigenvalue weighted by atomic mass is 16.5. The van der Waals surface area contributed by atoms with Gasteiger partial charge in [-0.15, -0.1) is 0 Å². The second-order valence-electron chi connectivity index (χ2n) is 5.28. The number of ether oxygens (including phenoxy) is 1. The average Bonchev–Trinajstić information content (AvgIpc) is 2.38. The summed E-state index contributed by atoms with van der Waals surface area (Å²) in [6, 6.07) is 14.9. The van der Waals surface area contributed by atoms with Crippen LogP contribution in [0.4, 0.5) is 0 Å². The molecule has 0 spiro atoms. The topological polar surface area (TPSA) is 21.3 Å². The number of hydrogen-bond acceptors (Lipinski definition) is 2. The summed E-state index contributed by atoms with van der Waals surface area (Å²) in [4.78, 5) is 0. The van der Waals surface area contributed by atoms with Crippen LogP contribution < -0.4 is 10.1 Å². The van der Waals surface area contributed by atoms with E-state index in [1.807, 2.05) is 12.1 Å². The van der Waals surface area contributed by atoms with Crippen molar-refractivity contribution in [3.63, 3.8) is 0 Å². The lowest BCUT2D eigenvalue weighted by molar-refractivity contribution is 0.479. The van der Waals surface area contributed by atoms with Gasteiger partial charge in [0.15, 0.2) is 0 Å². The third-order valence-corrected chi connectivity index (χ3v) is 3.30. The van der Waals surface area contributed by atoms with Crippen LogP contribution in [-0.2, 0) is 0 Å². The second-order valence-corrected chi connectivity index (χ2v) is 5.28. The van der Waals surface area contributed by atoms with Crippen molar-refractivity contribution in [1.82, 2.24) is 5.32 Å². The van der Waals surface area contributed by atoms with Crippen LogP contribution in [0.2, 0.25) is 0 Å². The Morgan fingerprint density at radius 2 is 1.70 bits per heavy atom. The summed E-state index contributed by atoms with van der Waals surface area (Å²) < 4.78 is 5.98. The zero-order valence-corrected chi connectivity index (χ0v) is 12.7. The molecule has 0 aliphatic heterocycles. The molecule has 2 nitrogen and oxygen atoms in total. The Kier molecular flexibility index (Phi) is 4.80. The van der Waals surface area contributed by atoms with Crippen LogP contribution in [-0.4, -0.2) is 6.54 Å². The van der Waals surface area contributed by atoms with Gasteiger partial charge < -0.3 is 10.1 Å². The van der Waals surface area contributed by atoms with E-state index in [4.69, 9.17) is 4.74 Å². The van der Waals surface area contributed by atoms with Gasteiger partial charge in [-0.3, -0.25) is 0 Å². The normalized spacial score (nSPS) is 12.2. The first kappa shape index (κ1) is 14.6. The van der Waals surface area contributed by atoms with Crippen molar-refractivity contribution in [3.8, 4) is 11.5 Å². The smallest absolute Gasteiger partial charge is 0.127 e. The fourth-order valence-corrected chi connectivity index (χ4v) is 2.40. The van der Waals surface area contributed by atoms with Crippen LogP contribution in [0.5, 0.6) is 11.5 Å². The molecule has 2 aromatic rings. The molecule has 0 heterocycles. The van der Waals surface area contributed by atoms with Gasteiger partial charge in [-0.05, 0) is 68.3 Å². The highest BCUT2D eigenvalue weighted by Gasteiger charge is 2.06. The quantitative estimate of drug-likeness (QED) is 0.844. The van der Waals surface area contributed by atoms with Gasteiger partial charge in [0.25, 0.3) is 0 Å². The Labute approximate surface area is 121 Å². The summed E-state index contributed by atoms with van der Waals surface area (Å²) in [6.07, 6.45) is 0. The summed E-state index contributed by atoms with van der Waals surface area (Å²) in [5.41, 5.74) is 3.68. The maximum absolute atomic E-state index is 5.98. The third-order valence-electron chi connectivity index (χ3n) is 3.30. The Balaban J connectivity index is 2.19. The van der Waals surface area contributed by atoms with Crippen LogP contribution in [0, 0.1) is 13.8 Å². The molecule has 0 amide bonds. The van der Waals surface area contributed by atoms with E-state index in [2.05, 4.69) is 63.3 Å². The fourth-order valence-electron chi connectivity index (χ4n) is 2.40. The summed E-state index contributed by atoms with van der Waals surface area (Å²) in [5.74, 6) is 1.79. The highest BCUT2D eigenvalue weighted by molar-refractivity contribution is 5.38. The third kappa shape index (κ3) is 3.84. The van der Waals surface area contributed by atoms with Crippen LogP contribution >= 0.6 is 0 Å². The first-order valence-electron chi connectivity index (χ1n) is 7.18. The average molecular weight is 269 g/mol. The van der Waals surface area contributed by atoms with E-state index < -0.39 is 0 Å². The molecule has 1 N–H and O–H groups in total. The van der Waals surface area contributed by atoms with E-state index in [1.54, 1.807) is 0 Å². The number of hydrogen-bond donors (Lipinski definition) is 1. The van der Waals surface area contributed by atoms with E-state index in [0.717, 1.165) is 18.0 Å². The van der Waals surface area contributed by atoms with Crippen molar-refractivity contribution in [3.05, 3.63) is 59.2 Å². The molecule has 2 heteroatoms. The Bertz CT molecular complexity index is 557. The standard InChI is InChI=1S/C18H23NO/c1-5-19-15(4)16-7-6-8-17(12-16)20-18-10-13(2)9-14(3)11-18/h6-12,15,19H,5H2,1-4H3. The maximum atomic E-state index is 5.98. The van der Waals surface area contributed by atoms with Gasteiger partial charge in [0.05, 0.1) is 0 Å². The largest absolute Gasteiger partial charge is 0.457 e. The first-order valence-corrected chi connectivity index (χ1v) is 7.18. The Hall–Kier alpha value is -1.80. The molecule has 0 aromatic heterocycles. The monoisotopic (exact) mass is 269 g/mol. The molecular weight excluding hydrogens is 246 g/mol. The van der Waals surface area contributed by atoms with Gasteiger partial charge in [-0.2, -0.15) is 0 Å². The lowest BCUT2D eigenvalue weighted by atomic mass is 10.1. The first-order chi connectivity index (χ1) is 9.58. The van der Waals surface area contributed by atoms with Crippen LogP contribution in [0.15, 0.2) is 42.5 Å². The lowest BCUT2D eigenvalue weighted by Crippen LogP contribution is -2.17. The predicted molar refractivity (Wildman–Crippen MR) is 84.5 cm³/mol. The van der Waals surface area contributed by atoms with Gasteiger partial charge >= 0.3 is 0 Å². The van der Waals surface area contributed by atoms with Crippen molar-refractivity contribution in [2.24, 2.45) is 0 Å². The Morgan fingerprint density at radius 3 is 2.35 bits per heavy atom. The van der Waals surface area contributed by atoms with Crippen LogP contribution in [0.25, 0.3) is 0 Å². The molecule has 2 aromatic carbocycles. The molecule has 2 rings (SSSR count). The molecule has 20 heavy (non-hydrogen) atoms. The van der Waals surface area contributed by atoms with Crippen molar-refractivity contribution in [2.75, 3.05) is 6.54 Å². The van der Waals surface area contributed by atoms with Gasteiger partial charge in [-0.1, -0.05) is 25.1 Å². The van der Waals surface area contributed by atoms with Gasteiger partial charge in [0.1, 0.15) is 11.5 Å². The van der Waals surface area contributed by atoms with E-state index in [1.165, 1.54) is 16.7 Å². The van der Waals surface area contributed by atoms with E-state index in [9.17, 15) is 0 Å². The van der Waals surface area contributed by atoms with Crippen molar-refractivity contribution >= 4 is 0 Å². The highest BCUT2D eigenvalue weighted by Crippen LogP contribution is 2.26. The fraction of sp³-hybridized carbons (Fsp3) is 0.333. The van der Waals surface area contributed by atoms with Gasteiger partial charge in [-0.25, -0.2) is 0 Å². The van der Waals surface area contributed by atoms with Crippen molar-refractivity contribution in [2.45, 2.75) is 33.7 Å². The lowest BCUT2D eigenvalue weighted by Gasteiger charge is -2.14. The summed E-state index contributed by atoms with van der Waals surface area (Å²) >= 11 is 0. The molecular formula is C18H23NO. The van der Waals surface area contributed by atoms with Crippen LogP contribution in [0.1, 0.15) is 36.6 Å². The predicted octanol–water partition coefficient (Wildman–Crippen LogP) is 4.77. The van der Waals surface area contributed by atoms with Crippen LogP contribution in [0.3, 0.4) is 0 Å². The van der Waals surface area contributed by atoms with Crippen molar-refractivity contribution in [1.29, 1.82) is 0 Å². The van der Waals surface area contributed by atoms with Gasteiger partial charge in [0.2, 0.25) is 0 Å². The summed E-state index contributed by atoms with van der Waals surface area (Å²) in [7, 11) is 0. The minimum absolute atomic E-state index is 0.336. The molecule has 0 fully saturated rings. The number of rotatable bonds is 5. The molecule has 0 radical (unpaired) electrons. The molecule has 1 atom stereocenters. The molecule has 106 valence electrons. The second kappa shape index (κ2) is 6.58. The molecule has 0 aliphatic rings. The number of aryl methyl sites for hydroxylation is 2. The summed E-state index contributed by atoms with van der Waals surface area (Å²) in [6.45, 7) is 9.42. The Morgan fingerprint density at radius 1 is 1.00 bits per heavy atom. The molecule has 0 saturated heterocycles. The van der Waals surface area contributed by atoms with E-state index in [-0.39, 0.29) is 0 Å². The maximum Gasteiger partial charge on any atom is 0.127 e. The molecule has 1 unspecified atom stereocenters. The number of nitrogens with one attached hydrogen (secondary N) is 1. The zero-order chi connectivity index (χ0) is 14.5. The number of benzene rings is 2. The molecule has 0 bridgehead atoms. The van der Waals surface area contributed by atoms with Gasteiger partial charge in [0, 0.05) is 6.04 Å². The van der Waals surface area contributed by atoms with Crippen molar-refractivity contribution < 1.29 is 4.74 Å². The van der Waals surface area contributed by atoms with E-state index >= 15 is 0 Å². The van der Waals surface area contributed by atoms with E-state index in [0.29, 0.717) is 6.04 Å². The minimum atomic E-state index is 0.336. The SMILES string of the molecule is CCNC(C)c1cccc(Oc2cc(C)cc(C)c2)c1. The summed E-state index contributed by atoms with van der Waals surface area (Å²) in [5, 5.41) is 3.42. The zero-order valence-electron chi connectivity index (χ0n) is 12.7. The minimum Gasteiger partial charge on any atom is -0.457 e.